The maximum atomic E-state index is 12.1. The van der Waals surface area contributed by atoms with Gasteiger partial charge in [-0.25, -0.2) is 4.79 Å². The highest BCUT2D eigenvalue weighted by Crippen LogP contribution is 2.29. The fraction of sp³-hybridized carbons (Fsp3) is 0.611. The number of nitrogens with zero attached hydrogens (tertiary/aromatic N) is 1. The number of hydrogen-bond donors (Lipinski definition) is 2. The summed E-state index contributed by atoms with van der Waals surface area (Å²) < 4.78 is 5.71. The SMILES string of the molecule is CCN(Cc1cc(C(=O)OCCO)cc(Br)c1N)C1CCCCC1. The summed E-state index contributed by atoms with van der Waals surface area (Å²) in [5, 5.41) is 8.80. The molecule has 0 bridgehead atoms. The number of nitrogens with two attached hydrogens (primary N) is 1. The number of ether oxygens (including phenoxy) is 1. The van der Waals surface area contributed by atoms with Crippen LogP contribution in [0.3, 0.4) is 0 Å². The van der Waals surface area contributed by atoms with E-state index in [4.69, 9.17) is 15.6 Å². The van der Waals surface area contributed by atoms with E-state index < -0.39 is 5.97 Å². The van der Waals surface area contributed by atoms with Gasteiger partial charge in [0, 0.05) is 17.1 Å². The van der Waals surface area contributed by atoms with Crippen LogP contribution in [0.2, 0.25) is 0 Å². The molecule has 0 heterocycles. The molecule has 24 heavy (non-hydrogen) atoms. The van der Waals surface area contributed by atoms with Crippen molar-refractivity contribution < 1.29 is 14.6 Å². The standard InChI is InChI=1S/C18H27BrN2O3/c1-2-21(15-6-4-3-5-7-15)12-14-10-13(11-16(19)17(14)20)18(23)24-9-8-22/h10-11,15,22H,2-9,12,20H2,1H3. The molecular formula is C18H27BrN2O3. The summed E-state index contributed by atoms with van der Waals surface area (Å²) in [6.45, 7) is 3.67. The molecule has 0 amide bonds. The van der Waals surface area contributed by atoms with Crippen LogP contribution in [-0.4, -0.2) is 41.8 Å². The molecule has 0 aliphatic heterocycles. The first-order valence-corrected chi connectivity index (χ1v) is 9.46. The van der Waals surface area contributed by atoms with Gasteiger partial charge in [-0.15, -0.1) is 0 Å². The van der Waals surface area contributed by atoms with Gasteiger partial charge in [0.05, 0.1) is 17.9 Å². The molecule has 1 aliphatic rings. The second-order valence-corrected chi connectivity index (χ2v) is 7.10. The van der Waals surface area contributed by atoms with E-state index in [0.717, 1.165) is 18.7 Å². The number of hydrogen-bond acceptors (Lipinski definition) is 5. The van der Waals surface area contributed by atoms with E-state index >= 15 is 0 Å². The van der Waals surface area contributed by atoms with Crippen LogP contribution in [-0.2, 0) is 11.3 Å². The Bertz CT molecular complexity index is 559. The molecule has 1 saturated carbocycles. The van der Waals surface area contributed by atoms with Gasteiger partial charge in [-0.2, -0.15) is 0 Å². The molecule has 2 rings (SSSR count). The third-order valence-corrected chi connectivity index (χ3v) is 5.30. The molecule has 1 fully saturated rings. The van der Waals surface area contributed by atoms with E-state index in [1.165, 1.54) is 32.1 Å². The van der Waals surface area contributed by atoms with Crippen LogP contribution in [0.15, 0.2) is 16.6 Å². The lowest BCUT2D eigenvalue weighted by atomic mass is 9.93. The second-order valence-electron chi connectivity index (χ2n) is 6.25. The van der Waals surface area contributed by atoms with Crippen molar-refractivity contribution in [1.29, 1.82) is 0 Å². The molecule has 0 spiro atoms. The normalized spacial score (nSPS) is 15.7. The zero-order valence-electron chi connectivity index (χ0n) is 14.3. The number of carbonyl (C=O) groups excluding carboxylic acids is 1. The highest BCUT2D eigenvalue weighted by Gasteiger charge is 2.22. The number of carbonyl (C=O) groups is 1. The van der Waals surface area contributed by atoms with Crippen molar-refractivity contribution in [3.8, 4) is 0 Å². The average Bonchev–Trinajstić information content (AvgIpc) is 2.61. The Kier molecular flexibility index (Phi) is 7.52. The maximum absolute atomic E-state index is 12.1. The van der Waals surface area contributed by atoms with Gasteiger partial charge in [-0.3, -0.25) is 4.90 Å². The molecule has 0 atom stereocenters. The Hall–Kier alpha value is -1.11. The Morgan fingerprint density at radius 3 is 2.71 bits per heavy atom. The molecule has 0 aromatic heterocycles. The van der Waals surface area contributed by atoms with Gasteiger partial charge in [-0.1, -0.05) is 26.2 Å². The van der Waals surface area contributed by atoms with Crippen molar-refractivity contribution in [2.75, 3.05) is 25.5 Å². The van der Waals surface area contributed by atoms with Crippen molar-refractivity contribution in [3.05, 3.63) is 27.7 Å². The van der Waals surface area contributed by atoms with Gasteiger partial charge in [0.25, 0.3) is 0 Å². The topological polar surface area (TPSA) is 75.8 Å². The fourth-order valence-corrected chi connectivity index (χ4v) is 3.81. The van der Waals surface area contributed by atoms with Crippen molar-refractivity contribution in [2.45, 2.75) is 51.6 Å². The average molecular weight is 399 g/mol. The number of rotatable bonds is 7. The minimum absolute atomic E-state index is 0.000673. The van der Waals surface area contributed by atoms with Crippen LogP contribution >= 0.6 is 15.9 Å². The minimum Gasteiger partial charge on any atom is -0.460 e. The molecule has 1 aromatic carbocycles. The van der Waals surface area contributed by atoms with Gasteiger partial charge in [0.2, 0.25) is 0 Å². The summed E-state index contributed by atoms with van der Waals surface area (Å²) in [6.07, 6.45) is 6.36. The molecule has 0 unspecified atom stereocenters. The van der Waals surface area contributed by atoms with Crippen LogP contribution in [0.1, 0.15) is 54.9 Å². The third-order valence-electron chi connectivity index (χ3n) is 4.65. The lowest BCUT2D eigenvalue weighted by Crippen LogP contribution is -2.36. The number of nitrogen functional groups attached to an aromatic ring is 1. The predicted octanol–water partition coefficient (Wildman–Crippen LogP) is 3.34. The summed E-state index contributed by atoms with van der Waals surface area (Å²) in [4.78, 5) is 14.5. The lowest BCUT2D eigenvalue weighted by molar-refractivity contribution is 0.0433. The summed E-state index contributed by atoms with van der Waals surface area (Å²) in [6, 6.07) is 4.08. The fourth-order valence-electron chi connectivity index (χ4n) is 3.31. The van der Waals surface area contributed by atoms with Crippen LogP contribution < -0.4 is 5.73 Å². The first-order valence-electron chi connectivity index (χ1n) is 8.66. The van der Waals surface area contributed by atoms with Crippen molar-refractivity contribution in [1.82, 2.24) is 4.90 Å². The van der Waals surface area contributed by atoms with Crippen LogP contribution in [0.4, 0.5) is 5.69 Å². The van der Waals surface area contributed by atoms with Crippen LogP contribution in [0.25, 0.3) is 0 Å². The number of aliphatic hydroxyl groups is 1. The number of halogens is 1. The summed E-state index contributed by atoms with van der Waals surface area (Å²) in [5.41, 5.74) is 8.28. The second kappa shape index (κ2) is 9.39. The minimum atomic E-state index is -0.438. The first-order chi connectivity index (χ1) is 11.6. The Labute approximate surface area is 152 Å². The third kappa shape index (κ3) is 4.94. The molecule has 6 heteroatoms. The van der Waals surface area contributed by atoms with Gasteiger partial charge in [0.15, 0.2) is 0 Å². The monoisotopic (exact) mass is 398 g/mol. The zero-order chi connectivity index (χ0) is 17.5. The molecule has 1 aromatic rings. The first kappa shape index (κ1) is 19.2. The number of esters is 1. The van der Waals surface area contributed by atoms with E-state index in [-0.39, 0.29) is 13.2 Å². The van der Waals surface area contributed by atoms with Crippen molar-refractivity contribution in [3.63, 3.8) is 0 Å². The molecule has 5 nitrogen and oxygen atoms in total. The lowest BCUT2D eigenvalue weighted by Gasteiger charge is -2.34. The van der Waals surface area contributed by atoms with Crippen LogP contribution in [0.5, 0.6) is 0 Å². The van der Waals surface area contributed by atoms with Crippen molar-refractivity contribution >= 4 is 27.6 Å². The molecule has 1 aliphatic carbocycles. The van der Waals surface area contributed by atoms with Gasteiger partial charge in [0.1, 0.15) is 6.61 Å². The van der Waals surface area contributed by atoms with E-state index in [1.807, 2.05) is 6.07 Å². The molecule has 0 saturated heterocycles. The molecule has 3 N–H and O–H groups in total. The Balaban J connectivity index is 2.18. The highest BCUT2D eigenvalue weighted by atomic mass is 79.9. The quantitative estimate of drug-likeness (QED) is 0.543. The van der Waals surface area contributed by atoms with Crippen molar-refractivity contribution in [2.24, 2.45) is 0 Å². The van der Waals surface area contributed by atoms with Gasteiger partial charge in [-0.05, 0) is 53.0 Å². The Morgan fingerprint density at radius 2 is 2.08 bits per heavy atom. The summed E-state index contributed by atoms with van der Waals surface area (Å²) in [7, 11) is 0. The zero-order valence-corrected chi connectivity index (χ0v) is 15.8. The van der Waals surface area contributed by atoms with E-state index in [0.29, 0.717) is 21.8 Å². The predicted molar refractivity (Wildman–Crippen MR) is 98.9 cm³/mol. The molecule has 134 valence electrons. The van der Waals surface area contributed by atoms with E-state index in [1.54, 1.807) is 6.07 Å². The summed E-state index contributed by atoms with van der Waals surface area (Å²) in [5.74, 6) is -0.438. The number of benzene rings is 1. The highest BCUT2D eigenvalue weighted by molar-refractivity contribution is 9.10. The molecular weight excluding hydrogens is 372 g/mol. The number of aliphatic hydroxyl groups excluding tert-OH is 1. The van der Waals surface area contributed by atoms with Gasteiger partial charge >= 0.3 is 5.97 Å². The Morgan fingerprint density at radius 1 is 1.38 bits per heavy atom. The summed E-state index contributed by atoms with van der Waals surface area (Å²) >= 11 is 3.44. The van der Waals surface area contributed by atoms with E-state index in [2.05, 4.69) is 27.8 Å². The molecule has 0 radical (unpaired) electrons. The number of anilines is 1. The van der Waals surface area contributed by atoms with Gasteiger partial charge < -0.3 is 15.6 Å². The van der Waals surface area contributed by atoms with Crippen LogP contribution in [0, 0.1) is 0 Å². The maximum Gasteiger partial charge on any atom is 0.338 e. The largest absolute Gasteiger partial charge is 0.460 e. The smallest absolute Gasteiger partial charge is 0.338 e. The van der Waals surface area contributed by atoms with E-state index in [9.17, 15) is 4.79 Å².